The number of carbonyl (C=O) groups is 1. The average Bonchev–Trinajstić information content (AvgIpc) is 2.68. The Morgan fingerprint density at radius 3 is 2.30 bits per heavy atom. The summed E-state index contributed by atoms with van der Waals surface area (Å²) in [6.07, 6.45) is 2.05. The van der Waals surface area contributed by atoms with Gasteiger partial charge in [0.05, 0.1) is 13.7 Å². The second-order valence-electron chi connectivity index (χ2n) is 6.79. The molecule has 0 saturated carbocycles. The van der Waals surface area contributed by atoms with Crippen molar-refractivity contribution in [3.8, 4) is 11.5 Å². The fourth-order valence-electron chi connectivity index (χ4n) is 2.71. The van der Waals surface area contributed by atoms with E-state index in [1.165, 1.54) is 0 Å². The van der Waals surface area contributed by atoms with Crippen LogP contribution in [0, 0.1) is 0 Å². The van der Waals surface area contributed by atoms with Gasteiger partial charge in [-0.3, -0.25) is 4.79 Å². The van der Waals surface area contributed by atoms with Gasteiger partial charge in [-0.25, -0.2) is 0 Å². The molecule has 0 N–H and O–H groups in total. The first-order valence-corrected chi connectivity index (χ1v) is 9.28. The fraction of sp³-hybridized carbons (Fsp3) is 0.409. The summed E-state index contributed by atoms with van der Waals surface area (Å²) in [5.41, 5.74) is 2.81. The predicted octanol–water partition coefficient (Wildman–Crippen LogP) is 4.21. The topological polar surface area (TPSA) is 42.0 Å². The van der Waals surface area contributed by atoms with Gasteiger partial charge in [0.2, 0.25) is 0 Å². The molecule has 0 unspecified atom stereocenters. The molecule has 0 aliphatic heterocycles. The van der Waals surface area contributed by atoms with Crippen molar-refractivity contribution in [2.24, 2.45) is 0 Å². The third kappa shape index (κ3) is 5.64. The van der Waals surface area contributed by atoms with E-state index in [1.807, 2.05) is 26.2 Å². The number of ether oxygens (including phenoxy) is 2. The van der Waals surface area contributed by atoms with E-state index in [-0.39, 0.29) is 5.91 Å². The summed E-state index contributed by atoms with van der Waals surface area (Å²) < 4.78 is 11.1. The summed E-state index contributed by atoms with van der Waals surface area (Å²) in [6.45, 7) is 3.30. The van der Waals surface area contributed by atoms with Gasteiger partial charge in [-0.1, -0.05) is 25.5 Å². The highest BCUT2D eigenvalue weighted by Gasteiger charge is 2.15. The molecular formula is C22H30N2O3. The highest BCUT2D eigenvalue weighted by atomic mass is 16.5. The lowest BCUT2D eigenvalue weighted by molar-refractivity contribution is 0.0784. The van der Waals surface area contributed by atoms with Crippen LogP contribution in [0.2, 0.25) is 0 Å². The molecule has 0 saturated heterocycles. The van der Waals surface area contributed by atoms with Crippen LogP contribution in [0.25, 0.3) is 0 Å². The summed E-state index contributed by atoms with van der Waals surface area (Å²) >= 11 is 0. The second kappa shape index (κ2) is 9.86. The Morgan fingerprint density at radius 2 is 1.70 bits per heavy atom. The second-order valence-corrected chi connectivity index (χ2v) is 6.79. The van der Waals surface area contributed by atoms with Gasteiger partial charge in [-0.2, -0.15) is 0 Å². The highest BCUT2D eigenvalue weighted by molar-refractivity contribution is 5.94. The molecule has 0 atom stereocenters. The molecule has 0 fully saturated rings. The molecule has 0 bridgehead atoms. The van der Waals surface area contributed by atoms with Crippen molar-refractivity contribution in [3.63, 3.8) is 0 Å². The number of benzene rings is 2. The Labute approximate surface area is 162 Å². The lowest BCUT2D eigenvalue weighted by atomic mass is 10.1. The van der Waals surface area contributed by atoms with Crippen molar-refractivity contribution < 1.29 is 14.3 Å². The number of amides is 1. The van der Waals surface area contributed by atoms with Crippen LogP contribution in [0.5, 0.6) is 11.5 Å². The smallest absolute Gasteiger partial charge is 0.254 e. The van der Waals surface area contributed by atoms with Crippen LogP contribution in [-0.4, -0.2) is 45.7 Å². The zero-order valence-corrected chi connectivity index (χ0v) is 17.0. The van der Waals surface area contributed by atoms with Crippen LogP contribution >= 0.6 is 0 Å². The molecule has 0 aliphatic carbocycles. The van der Waals surface area contributed by atoms with Crippen molar-refractivity contribution in [2.75, 3.05) is 39.8 Å². The number of rotatable bonds is 9. The fourth-order valence-corrected chi connectivity index (χ4v) is 2.71. The molecule has 0 spiro atoms. The van der Waals surface area contributed by atoms with Gasteiger partial charge in [0.1, 0.15) is 0 Å². The van der Waals surface area contributed by atoms with Gasteiger partial charge in [0.25, 0.3) is 5.91 Å². The number of hydrogen-bond donors (Lipinski definition) is 0. The first-order valence-electron chi connectivity index (χ1n) is 9.28. The van der Waals surface area contributed by atoms with E-state index in [9.17, 15) is 4.79 Å². The Hall–Kier alpha value is -2.69. The molecule has 0 aliphatic rings. The Morgan fingerprint density at radius 1 is 1.00 bits per heavy atom. The lowest BCUT2D eigenvalue weighted by Crippen LogP contribution is -2.26. The summed E-state index contributed by atoms with van der Waals surface area (Å²) in [6, 6.07) is 13.5. The molecule has 0 aromatic heterocycles. The summed E-state index contributed by atoms with van der Waals surface area (Å²) in [7, 11) is 7.41. The van der Waals surface area contributed by atoms with E-state index in [1.54, 1.807) is 37.3 Å². The number of carbonyl (C=O) groups excluding carboxylic acids is 1. The SMILES string of the molecule is CCCCOc1ccc(C(=O)N(C)Cc2ccc(N(C)C)cc2)cc1OC. The van der Waals surface area contributed by atoms with E-state index in [0.29, 0.717) is 30.2 Å². The molecular weight excluding hydrogens is 340 g/mol. The highest BCUT2D eigenvalue weighted by Crippen LogP contribution is 2.29. The Kier molecular flexibility index (Phi) is 7.53. The third-order valence-electron chi connectivity index (χ3n) is 4.39. The maximum absolute atomic E-state index is 12.8. The van der Waals surface area contributed by atoms with Crippen molar-refractivity contribution in [3.05, 3.63) is 53.6 Å². The molecule has 1 amide bonds. The standard InChI is InChI=1S/C22H30N2O3/c1-6-7-14-27-20-13-10-18(15-21(20)26-5)22(25)24(4)16-17-8-11-19(12-9-17)23(2)3/h8-13,15H,6-7,14,16H2,1-5H3. The monoisotopic (exact) mass is 370 g/mol. The number of hydrogen-bond acceptors (Lipinski definition) is 4. The number of unbranched alkanes of at least 4 members (excludes halogenated alkanes) is 1. The first kappa shape index (κ1) is 20.6. The van der Waals surface area contributed by atoms with E-state index in [2.05, 4.69) is 24.0 Å². The van der Waals surface area contributed by atoms with Crippen molar-refractivity contribution in [1.29, 1.82) is 0 Å². The van der Waals surface area contributed by atoms with E-state index < -0.39 is 0 Å². The first-order chi connectivity index (χ1) is 13.0. The van der Waals surface area contributed by atoms with E-state index in [0.717, 1.165) is 24.1 Å². The Balaban J connectivity index is 2.06. The van der Waals surface area contributed by atoms with Gasteiger partial charge in [-0.05, 0) is 42.3 Å². The minimum Gasteiger partial charge on any atom is -0.493 e. The number of methoxy groups -OCH3 is 1. The van der Waals surface area contributed by atoms with Crippen LogP contribution in [0.3, 0.4) is 0 Å². The molecule has 2 rings (SSSR count). The van der Waals surface area contributed by atoms with Gasteiger partial charge in [0, 0.05) is 38.9 Å². The van der Waals surface area contributed by atoms with Crippen LogP contribution in [-0.2, 0) is 6.54 Å². The minimum absolute atomic E-state index is 0.0508. The molecule has 0 radical (unpaired) electrons. The van der Waals surface area contributed by atoms with Gasteiger partial charge in [-0.15, -0.1) is 0 Å². The largest absolute Gasteiger partial charge is 0.493 e. The van der Waals surface area contributed by atoms with Gasteiger partial charge >= 0.3 is 0 Å². The normalized spacial score (nSPS) is 10.4. The van der Waals surface area contributed by atoms with Crippen LogP contribution < -0.4 is 14.4 Å². The molecule has 2 aromatic rings. The maximum Gasteiger partial charge on any atom is 0.254 e. The molecule has 27 heavy (non-hydrogen) atoms. The molecule has 5 nitrogen and oxygen atoms in total. The van der Waals surface area contributed by atoms with Gasteiger partial charge in [0.15, 0.2) is 11.5 Å². The average molecular weight is 370 g/mol. The zero-order chi connectivity index (χ0) is 19.8. The third-order valence-corrected chi connectivity index (χ3v) is 4.39. The zero-order valence-electron chi connectivity index (χ0n) is 17.0. The van der Waals surface area contributed by atoms with E-state index in [4.69, 9.17) is 9.47 Å². The summed E-state index contributed by atoms with van der Waals surface area (Å²) in [5.74, 6) is 1.20. The quantitative estimate of drug-likeness (QED) is 0.620. The lowest BCUT2D eigenvalue weighted by Gasteiger charge is -2.19. The maximum atomic E-state index is 12.8. The minimum atomic E-state index is -0.0508. The van der Waals surface area contributed by atoms with Crippen LogP contribution in [0.4, 0.5) is 5.69 Å². The van der Waals surface area contributed by atoms with Crippen LogP contribution in [0.15, 0.2) is 42.5 Å². The van der Waals surface area contributed by atoms with Gasteiger partial charge < -0.3 is 19.3 Å². The van der Waals surface area contributed by atoms with Crippen molar-refractivity contribution >= 4 is 11.6 Å². The predicted molar refractivity (Wildman–Crippen MR) is 110 cm³/mol. The van der Waals surface area contributed by atoms with Crippen molar-refractivity contribution in [1.82, 2.24) is 4.90 Å². The molecule has 0 heterocycles. The number of nitrogens with zero attached hydrogens (tertiary/aromatic N) is 2. The van der Waals surface area contributed by atoms with Crippen molar-refractivity contribution in [2.45, 2.75) is 26.3 Å². The Bertz CT molecular complexity index is 742. The summed E-state index contributed by atoms with van der Waals surface area (Å²) in [5, 5.41) is 0. The summed E-state index contributed by atoms with van der Waals surface area (Å²) in [4.78, 5) is 16.5. The van der Waals surface area contributed by atoms with Crippen LogP contribution in [0.1, 0.15) is 35.7 Å². The molecule has 2 aromatic carbocycles. The molecule has 146 valence electrons. The molecule has 5 heteroatoms. The number of anilines is 1. The van der Waals surface area contributed by atoms with E-state index >= 15 is 0 Å².